The monoisotopic (exact) mass is 365 g/mol. The molecule has 1 atom stereocenters. The van der Waals surface area contributed by atoms with Crippen molar-refractivity contribution in [3.63, 3.8) is 0 Å². The maximum Gasteiger partial charge on any atom is 0.254 e. The highest BCUT2D eigenvalue weighted by molar-refractivity contribution is 5.96. The highest BCUT2D eigenvalue weighted by Gasteiger charge is 2.34. The zero-order valence-electron chi connectivity index (χ0n) is 14.4. The van der Waals surface area contributed by atoms with Crippen LogP contribution in [0.15, 0.2) is 66.7 Å². The Labute approximate surface area is 155 Å². The van der Waals surface area contributed by atoms with Gasteiger partial charge in [-0.2, -0.15) is 0 Å². The van der Waals surface area contributed by atoms with Gasteiger partial charge in [0.25, 0.3) is 5.91 Å². The summed E-state index contributed by atoms with van der Waals surface area (Å²) in [5.74, 6) is -1.03. The van der Waals surface area contributed by atoms with Gasteiger partial charge in [-0.25, -0.2) is 8.78 Å². The molecule has 136 valence electrons. The maximum atomic E-state index is 14.1. The first kappa shape index (κ1) is 17.2. The number of rotatable bonds is 3. The SMILES string of the molecule is O=C(c1cc(F)cc(-c2cccc(O)c2)c1)N1CCC1c1ccc(F)cc1. The zero-order chi connectivity index (χ0) is 19.0. The van der Waals surface area contributed by atoms with Crippen LogP contribution in [-0.4, -0.2) is 22.5 Å². The van der Waals surface area contributed by atoms with Crippen molar-refractivity contribution in [3.05, 3.63) is 89.5 Å². The van der Waals surface area contributed by atoms with E-state index in [1.807, 2.05) is 0 Å². The molecular formula is C22H17F2NO2. The number of hydrogen-bond acceptors (Lipinski definition) is 2. The smallest absolute Gasteiger partial charge is 0.254 e. The first-order chi connectivity index (χ1) is 13.0. The zero-order valence-corrected chi connectivity index (χ0v) is 14.4. The van der Waals surface area contributed by atoms with Crippen LogP contribution >= 0.6 is 0 Å². The molecule has 0 aromatic heterocycles. The lowest BCUT2D eigenvalue weighted by molar-refractivity contribution is 0.0460. The maximum absolute atomic E-state index is 14.1. The predicted octanol–water partition coefficient (Wildman–Crippen LogP) is 4.92. The quantitative estimate of drug-likeness (QED) is 0.715. The molecule has 27 heavy (non-hydrogen) atoms. The van der Waals surface area contributed by atoms with Crippen molar-refractivity contribution in [2.75, 3.05) is 6.54 Å². The minimum absolute atomic E-state index is 0.0729. The van der Waals surface area contributed by atoms with Crippen LogP contribution < -0.4 is 0 Å². The Bertz CT molecular complexity index is 1000. The molecule has 1 unspecified atom stereocenters. The van der Waals surface area contributed by atoms with Gasteiger partial charge in [0.2, 0.25) is 0 Å². The molecule has 1 aliphatic rings. The van der Waals surface area contributed by atoms with Crippen molar-refractivity contribution < 1.29 is 18.7 Å². The minimum atomic E-state index is -0.516. The van der Waals surface area contributed by atoms with Gasteiger partial charge in [0.1, 0.15) is 17.4 Å². The second-order valence-corrected chi connectivity index (χ2v) is 6.63. The van der Waals surface area contributed by atoms with Crippen LogP contribution in [0.1, 0.15) is 28.4 Å². The van der Waals surface area contributed by atoms with E-state index in [4.69, 9.17) is 0 Å². The topological polar surface area (TPSA) is 40.5 Å². The summed E-state index contributed by atoms with van der Waals surface area (Å²) in [6.45, 7) is 0.568. The van der Waals surface area contributed by atoms with Crippen LogP contribution in [0.5, 0.6) is 5.75 Å². The lowest BCUT2D eigenvalue weighted by Crippen LogP contribution is -2.45. The summed E-state index contributed by atoms with van der Waals surface area (Å²) in [5, 5.41) is 9.64. The Hall–Kier alpha value is -3.21. The van der Waals surface area contributed by atoms with E-state index in [-0.39, 0.29) is 29.1 Å². The standard InChI is InChI=1S/C22H17F2NO2/c23-18-6-4-14(5-7-18)21-8-9-25(21)22(27)17-10-16(11-19(24)12-17)15-2-1-3-20(26)13-15/h1-7,10-13,21,26H,8-9H2. The molecule has 1 aliphatic heterocycles. The van der Waals surface area contributed by atoms with E-state index in [9.17, 15) is 18.7 Å². The molecule has 0 radical (unpaired) electrons. The van der Waals surface area contributed by atoms with Crippen molar-refractivity contribution in [3.8, 4) is 16.9 Å². The fourth-order valence-electron chi connectivity index (χ4n) is 3.39. The molecule has 4 rings (SSSR count). The van der Waals surface area contributed by atoms with Crippen molar-refractivity contribution in [2.24, 2.45) is 0 Å². The number of hydrogen-bond donors (Lipinski definition) is 1. The highest BCUT2D eigenvalue weighted by atomic mass is 19.1. The summed E-state index contributed by atoms with van der Waals surface area (Å²) >= 11 is 0. The van der Waals surface area contributed by atoms with Crippen LogP contribution in [0.25, 0.3) is 11.1 Å². The van der Waals surface area contributed by atoms with Gasteiger partial charge in [0.15, 0.2) is 0 Å². The number of phenols is 1. The number of aromatic hydroxyl groups is 1. The third-order valence-corrected chi connectivity index (χ3v) is 4.86. The molecule has 0 saturated carbocycles. The summed E-state index contributed by atoms with van der Waals surface area (Å²) in [6, 6.07) is 16.6. The molecule has 1 amide bonds. The van der Waals surface area contributed by atoms with Gasteiger partial charge in [-0.15, -0.1) is 0 Å². The minimum Gasteiger partial charge on any atom is -0.508 e. The largest absolute Gasteiger partial charge is 0.508 e. The molecule has 0 aliphatic carbocycles. The lowest BCUT2D eigenvalue weighted by atomic mass is 9.93. The van der Waals surface area contributed by atoms with E-state index >= 15 is 0 Å². The molecule has 0 spiro atoms. The van der Waals surface area contributed by atoms with E-state index in [2.05, 4.69) is 0 Å². The molecule has 3 aromatic carbocycles. The van der Waals surface area contributed by atoms with E-state index in [1.165, 1.54) is 36.4 Å². The molecule has 3 nitrogen and oxygen atoms in total. The number of halogens is 2. The van der Waals surface area contributed by atoms with E-state index in [1.54, 1.807) is 35.2 Å². The average molecular weight is 365 g/mol. The van der Waals surface area contributed by atoms with Crippen molar-refractivity contribution in [2.45, 2.75) is 12.5 Å². The Morgan fingerprint density at radius 3 is 2.37 bits per heavy atom. The molecule has 1 fully saturated rings. The van der Waals surface area contributed by atoms with Crippen molar-refractivity contribution in [1.82, 2.24) is 4.90 Å². The number of nitrogens with zero attached hydrogens (tertiary/aromatic N) is 1. The summed E-state index contributed by atoms with van der Waals surface area (Å²) < 4.78 is 27.3. The van der Waals surface area contributed by atoms with Gasteiger partial charge in [0.05, 0.1) is 6.04 Å². The Morgan fingerprint density at radius 2 is 1.70 bits per heavy atom. The van der Waals surface area contributed by atoms with Crippen LogP contribution in [0.2, 0.25) is 0 Å². The average Bonchev–Trinajstić information content (AvgIpc) is 2.62. The molecule has 3 aromatic rings. The van der Waals surface area contributed by atoms with Gasteiger partial charge < -0.3 is 10.0 Å². The number of phenolic OH excluding ortho intramolecular Hbond substituents is 1. The van der Waals surface area contributed by atoms with E-state index < -0.39 is 5.82 Å². The Morgan fingerprint density at radius 1 is 0.926 bits per heavy atom. The van der Waals surface area contributed by atoms with Gasteiger partial charge in [-0.05, 0) is 65.6 Å². The molecule has 0 bridgehead atoms. The molecule has 1 heterocycles. The summed E-state index contributed by atoms with van der Waals surface area (Å²) in [5.41, 5.74) is 2.26. The van der Waals surface area contributed by atoms with Crippen LogP contribution in [0.3, 0.4) is 0 Å². The number of amides is 1. The van der Waals surface area contributed by atoms with Crippen LogP contribution in [0, 0.1) is 11.6 Å². The van der Waals surface area contributed by atoms with Gasteiger partial charge in [-0.3, -0.25) is 4.79 Å². The second-order valence-electron chi connectivity index (χ2n) is 6.63. The second kappa shape index (κ2) is 6.83. The van der Waals surface area contributed by atoms with Gasteiger partial charge >= 0.3 is 0 Å². The Balaban J connectivity index is 1.63. The normalized spacial score (nSPS) is 16.1. The van der Waals surface area contributed by atoms with E-state index in [0.717, 1.165) is 12.0 Å². The van der Waals surface area contributed by atoms with Gasteiger partial charge in [-0.1, -0.05) is 24.3 Å². The first-order valence-corrected chi connectivity index (χ1v) is 8.68. The molecule has 1 N–H and O–H groups in total. The highest BCUT2D eigenvalue weighted by Crippen LogP contribution is 2.35. The summed E-state index contributed by atoms with van der Waals surface area (Å²) in [4.78, 5) is 14.6. The molecule has 5 heteroatoms. The third kappa shape index (κ3) is 3.40. The van der Waals surface area contributed by atoms with Crippen molar-refractivity contribution in [1.29, 1.82) is 0 Å². The first-order valence-electron chi connectivity index (χ1n) is 8.68. The fraction of sp³-hybridized carbons (Fsp3) is 0.136. The number of carbonyl (C=O) groups is 1. The number of likely N-dealkylation sites (tertiary alicyclic amines) is 1. The van der Waals surface area contributed by atoms with Crippen LogP contribution in [0.4, 0.5) is 8.78 Å². The summed E-state index contributed by atoms with van der Waals surface area (Å²) in [6.07, 6.45) is 0.784. The third-order valence-electron chi connectivity index (χ3n) is 4.86. The number of carbonyl (C=O) groups excluding carboxylic acids is 1. The fourth-order valence-corrected chi connectivity index (χ4v) is 3.39. The van der Waals surface area contributed by atoms with Crippen molar-refractivity contribution >= 4 is 5.91 Å². The van der Waals surface area contributed by atoms with Crippen LogP contribution in [-0.2, 0) is 0 Å². The molecule has 1 saturated heterocycles. The lowest BCUT2D eigenvalue weighted by Gasteiger charge is -2.41. The summed E-state index contributed by atoms with van der Waals surface area (Å²) in [7, 11) is 0. The number of benzene rings is 3. The van der Waals surface area contributed by atoms with E-state index in [0.29, 0.717) is 17.7 Å². The molecular weight excluding hydrogens is 348 g/mol. The Kier molecular flexibility index (Phi) is 4.36. The van der Waals surface area contributed by atoms with Gasteiger partial charge in [0, 0.05) is 12.1 Å². The predicted molar refractivity (Wildman–Crippen MR) is 98.3 cm³/mol.